The molecule has 0 aromatic carbocycles. The van der Waals surface area contributed by atoms with Gasteiger partial charge in [0.1, 0.15) is 123 Å². The fourth-order valence-electron chi connectivity index (χ4n) is 6.78. The van der Waals surface area contributed by atoms with E-state index in [1.165, 1.54) is 0 Å². The summed E-state index contributed by atoms with van der Waals surface area (Å²) in [5.74, 6) is -2.47. The lowest BCUT2D eigenvalue weighted by Crippen LogP contribution is -2.64. The molecule has 328 valence electrons. The van der Waals surface area contributed by atoms with Crippen molar-refractivity contribution in [3.05, 3.63) is 0 Å². The van der Waals surface area contributed by atoms with Gasteiger partial charge in [0.25, 0.3) is 0 Å². The molecule has 56 heavy (non-hydrogen) atoms. The zero-order chi connectivity index (χ0) is 41.4. The van der Waals surface area contributed by atoms with Crippen LogP contribution in [0.4, 0.5) is 0 Å². The first-order valence-electron chi connectivity index (χ1n) is 17.6. The highest BCUT2D eigenvalue weighted by molar-refractivity contribution is 4.99. The largest absolute Gasteiger partial charge is 0.394 e. The Morgan fingerprint density at radius 3 is 1.02 bits per heavy atom. The number of hydrogen-bond acceptors (Lipinski definition) is 26. The predicted molar refractivity (Wildman–Crippen MR) is 167 cm³/mol. The Labute approximate surface area is 316 Å². The number of aliphatic hydroxyl groups is 17. The molecule has 0 radical (unpaired) electrons. The van der Waals surface area contributed by atoms with Crippen LogP contribution in [-0.4, -0.2) is 273 Å². The molecule has 5 heterocycles. The minimum atomic E-state index is -2.47. The van der Waals surface area contributed by atoms with E-state index >= 15 is 0 Å². The van der Waals surface area contributed by atoms with Gasteiger partial charge in [0.15, 0.2) is 25.2 Å². The lowest BCUT2D eigenvalue weighted by atomic mass is 9.97. The highest BCUT2D eigenvalue weighted by Crippen LogP contribution is 2.36. The van der Waals surface area contributed by atoms with Crippen molar-refractivity contribution in [1.82, 2.24) is 0 Å². The number of aliphatic hydroxyl groups excluding tert-OH is 17. The summed E-state index contributed by atoms with van der Waals surface area (Å²) in [5, 5.41) is 174. The second-order valence-electron chi connectivity index (χ2n) is 14.1. The molecule has 26 nitrogen and oxygen atoms in total. The monoisotopic (exact) mass is 828 g/mol. The van der Waals surface area contributed by atoms with E-state index in [0.717, 1.165) is 0 Å². The van der Waals surface area contributed by atoms with Crippen molar-refractivity contribution in [2.45, 2.75) is 147 Å². The van der Waals surface area contributed by atoms with E-state index in [-0.39, 0.29) is 0 Å². The second-order valence-corrected chi connectivity index (χ2v) is 14.1. The zero-order valence-corrected chi connectivity index (χ0v) is 29.3. The van der Waals surface area contributed by atoms with E-state index in [4.69, 9.17) is 42.6 Å². The van der Waals surface area contributed by atoms with Crippen LogP contribution < -0.4 is 0 Å². The highest BCUT2D eigenvalue weighted by atomic mass is 16.8. The van der Waals surface area contributed by atoms with Gasteiger partial charge in [0.05, 0.1) is 33.0 Å². The van der Waals surface area contributed by atoms with Crippen molar-refractivity contribution < 1.29 is 129 Å². The van der Waals surface area contributed by atoms with Crippen molar-refractivity contribution in [3.63, 3.8) is 0 Å². The summed E-state index contributed by atoms with van der Waals surface area (Å²) in [7, 11) is 0. The molecule has 26 heteroatoms. The molecule has 0 amide bonds. The minimum Gasteiger partial charge on any atom is -0.394 e. The van der Waals surface area contributed by atoms with E-state index in [2.05, 4.69) is 0 Å². The van der Waals surface area contributed by atoms with Gasteiger partial charge in [-0.15, -0.1) is 0 Å². The van der Waals surface area contributed by atoms with Crippen LogP contribution in [0.15, 0.2) is 0 Å². The zero-order valence-electron chi connectivity index (χ0n) is 29.3. The van der Waals surface area contributed by atoms with Gasteiger partial charge < -0.3 is 129 Å². The summed E-state index contributed by atoms with van der Waals surface area (Å²) < 4.78 is 48.8. The Hall–Kier alpha value is -1.04. The topological polar surface area (TPSA) is 427 Å². The van der Waals surface area contributed by atoms with E-state index in [1.807, 2.05) is 0 Å². The van der Waals surface area contributed by atoms with Gasteiger partial charge in [-0.05, 0) is 0 Å². The summed E-state index contributed by atoms with van der Waals surface area (Å²) in [6, 6.07) is 0. The van der Waals surface area contributed by atoms with Gasteiger partial charge >= 0.3 is 0 Å². The average Bonchev–Trinajstić information content (AvgIpc) is 3.43. The average molecular weight is 829 g/mol. The van der Waals surface area contributed by atoms with E-state index < -0.39 is 187 Å². The third-order valence-electron chi connectivity index (χ3n) is 10.4. The van der Waals surface area contributed by atoms with Crippen LogP contribution in [0.3, 0.4) is 0 Å². The number of hydrogen-bond donors (Lipinski definition) is 17. The van der Waals surface area contributed by atoms with Gasteiger partial charge in [0, 0.05) is 0 Å². The summed E-state index contributed by atoms with van der Waals surface area (Å²) in [6.45, 7) is -4.94. The van der Waals surface area contributed by atoms with Crippen molar-refractivity contribution in [2.24, 2.45) is 0 Å². The molecule has 0 saturated carbocycles. The molecule has 0 aromatic heterocycles. The Morgan fingerprint density at radius 2 is 0.679 bits per heavy atom. The van der Waals surface area contributed by atoms with Crippen LogP contribution in [0.2, 0.25) is 0 Å². The van der Waals surface area contributed by atoms with E-state index in [1.54, 1.807) is 0 Å². The van der Waals surface area contributed by atoms with Crippen molar-refractivity contribution in [2.75, 3.05) is 39.6 Å². The second kappa shape index (κ2) is 19.1. The van der Waals surface area contributed by atoms with Crippen molar-refractivity contribution in [3.8, 4) is 0 Å². The predicted octanol–water partition coefficient (Wildman–Crippen LogP) is -11.9. The van der Waals surface area contributed by atoms with Gasteiger partial charge in [-0.3, -0.25) is 0 Å². The molecule has 0 aromatic rings. The number of ether oxygens (including phenoxy) is 9. The molecule has 5 rings (SSSR count). The normalized spacial score (nSPS) is 53.0. The van der Waals surface area contributed by atoms with Gasteiger partial charge in [-0.25, -0.2) is 0 Å². The summed E-state index contributed by atoms with van der Waals surface area (Å²) >= 11 is 0. The molecule has 0 bridgehead atoms. The van der Waals surface area contributed by atoms with Crippen molar-refractivity contribution >= 4 is 0 Å². The molecule has 0 aliphatic carbocycles. The molecule has 5 saturated heterocycles. The Morgan fingerprint density at radius 1 is 0.357 bits per heavy atom. The molecule has 23 unspecified atom stereocenters. The van der Waals surface area contributed by atoms with Crippen LogP contribution in [0.1, 0.15) is 0 Å². The fourth-order valence-corrected chi connectivity index (χ4v) is 6.78. The lowest BCUT2D eigenvalue weighted by Gasteiger charge is -2.45. The first-order valence-corrected chi connectivity index (χ1v) is 17.6. The maximum Gasteiger partial charge on any atom is 0.224 e. The summed E-state index contributed by atoms with van der Waals surface area (Å²) in [4.78, 5) is 0. The Balaban J connectivity index is 1.18. The van der Waals surface area contributed by atoms with E-state index in [9.17, 15) is 86.8 Å². The van der Waals surface area contributed by atoms with Crippen molar-refractivity contribution in [1.29, 1.82) is 0 Å². The van der Waals surface area contributed by atoms with Gasteiger partial charge in [-0.1, -0.05) is 0 Å². The first-order chi connectivity index (χ1) is 26.4. The SMILES string of the molecule is OCC1OC(OCC2OC(OCC3OC(OCC4OC(O[C@]5(CO)OC(CO)C(O)C5O)C(O)C(O)C4O)C(O)C(O)C3O)C(O)C(O)C2O)C(O)C(O)C1O. The van der Waals surface area contributed by atoms with Crippen LogP contribution in [-0.2, 0) is 42.6 Å². The minimum absolute atomic E-state index is 0.677. The Kier molecular flexibility index (Phi) is 15.7. The number of rotatable bonds is 14. The standard InChI is InChI=1S/C30H52O26/c31-1-7-12(34)17(39)21(43)26(51-7)48-3-9-13(35)18(40)22(44)27(52-9)49-4-10-14(36)19(41)23(45)28(53-10)50-5-11-15(37)20(42)24(46)29(54-11)56-30(6-33)25(47)16(38)8(2-32)55-30/h7-29,31-47H,1-6H2/t7?,8?,9?,10?,11?,12?,13?,14?,15?,16?,17?,18?,19?,20?,21?,22?,23?,24?,25?,26?,27?,28?,29?,30-/m0/s1. The van der Waals surface area contributed by atoms with E-state index in [0.29, 0.717) is 0 Å². The summed E-state index contributed by atoms with van der Waals surface area (Å²) in [5.41, 5.74) is 0. The van der Waals surface area contributed by atoms with Crippen LogP contribution in [0.25, 0.3) is 0 Å². The first kappa shape index (κ1) is 46.0. The third kappa shape index (κ3) is 9.16. The molecule has 24 atom stereocenters. The molecule has 5 aliphatic heterocycles. The highest BCUT2D eigenvalue weighted by Gasteiger charge is 2.59. The molecule has 5 aliphatic rings. The maximum absolute atomic E-state index is 10.6. The molecule has 5 fully saturated rings. The van der Waals surface area contributed by atoms with Crippen LogP contribution in [0, 0.1) is 0 Å². The molecule has 0 spiro atoms. The molecule has 17 N–H and O–H groups in total. The Bertz CT molecular complexity index is 1220. The van der Waals surface area contributed by atoms with Gasteiger partial charge in [0.2, 0.25) is 5.79 Å². The third-order valence-corrected chi connectivity index (χ3v) is 10.4. The quantitative estimate of drug-likeness (QED) is 0.0773. The molecular weight excluding hydrogens is 776 g/mol. The fraction of sp³-hybridized carbons (Fsp3) is 1.00. The van der Waals surface area contributed by atoms with Gasteiger partial charge in [-0.2, -0.15) is 0 Å². The summed E-state index contributed by atoms with van der Waals surface area (Å²) in [6.07, 6.45) is -41.3. The lowest BCUT2D eigenvalue weighted by molar-refractivity contribution is -0.388. The molecular formula is C30H52O26. The smallest absolute Gasteiger partial charge is 0.224 e. The van der Waals surface area contributed by atoms with Crippen LogP contribution >= 0.6 is 0 Å². The maximum atomic E-state index is 10.6. The van der Waals surface area contributed by atoms with Crippen LogP contribution in [0.5, 0.6) is 0 Å².